The van der Waals surface area contributed by atoms with Crippen LogP contribution in [0.25, 0.3) is 0 Å². The van der Waals surface area contributed by atoms with Gasteiger partial charge in [-0.25, -0.2) is 0 Å². The lowest BCUT2D eigenvalue weighted by Gasteiger charge is -2.29. The zero-order chi connectivity index (χ0) is 13.3. The molecule has 2 heteroatoms. The summed E-state index contributed by atoms with van der Waals surface area (Å²) in [7, 11) is 0. The molecule has 0 unspecified atom stereocenters. The molecular weight excluding hydrogens is 212 g/mol. The van der Waals surface area contributed by atoms with Gasteiger partial charge in [0.1, 0.15) is 5.75 Å². The third-order valence-corrected chi connectivity index (χ3v) is 2.84. The second-order valence-corrected chi connectivity index (χ2v) is 6.46. The summed E-state index contributed by atoms with van der Waals surface area (Å²) in [6.45, 7) is 12.6. The second-order valence-electron chi connectivity index (χ2n) is 6.46. The lowest BCUT2D eigenvalue weighted by atomic mass is 9.79. The number of para-hydroxylation sites is 1. The van der Waals surface area contributed by atoms with Crippen molar-refractivity contribution < 1.29 is 9.84 Å². The maximum absolute atomic E-state index is 9.08. The van der Waals surface area contributed by atoms with Crippen molar-refractivity contribution in [2.45, 2.75) is 52.4 Å². The number of hydrogen-bond acceptors (Lipinski definition) is 2. The molecule has 0 aliphatic rings. The largest absolute Gasteiger partial charge is 0.467 e. The van der Waals surface area contributed by atoms with Crippen molar-refractivity contribution in [2.24, 2.45) is 0 Å². The monoisotopic (exact) mass is 236 g/mol. The van der Waals surface area contributed by atoms with Crippen LogP contribution in [0.2, 0.25) is 0 Å². The molecule has 1 N–H and O–H groups in total. The van der Waals surface area contributed by atoms with Crippen molar-refractivity contribution in [3.8, 4) is 5.75 Å². The first-order valence-electron chi connectivity index (χ1n) is 6.05. The van der Waals surface area contributed by atoms with Crippen LogP contribution >= 0.6 is 0 Å². The van der Waals surface area contributed by atoms with E-state index in [-0.39, 0.29) is 17.6 Å². The van der Waals surface area contributed by atoms with Crippen molar-refractivity contribution >= 4 is 0 Å². The molecule has 0 aromatic heterocycles. The highest BCUT2D eigenvalue weighted by Gasteiger charge is 2.26. The first-order chi connectivity index (χ1) is 7.68. The molecule has 0 saturated heterocycles. The lowest BCUT2D eigenvalue weighted by Crippen LogP contribution is -2.19. The molecule has 2 nitrogen and oxygen atoms in total. The summed E-state index contributed by atoms with van der Waals surface area (Å²) < 4.78 is 5.48. The fourth-order valence-corrected chi connectivity index (χ4v) is 1.94. The van der Waals surface area contributed by atoms with E-state index in [1.807, 2.05) is 0 Å². The number of hydrogen-bond donors (Lipinski definition) is 1. The molecule has 0 aliphatic carbocycles. The van der Waals surface area contributed by atoms with E-state index in [1.165, 1.54) is 0 Å². The van der Waals surface area contributed by atoms with Crippen molar-refractivity contribution in [1.29, 1.82) is 0 Å². The Morgan fingerprint density at radius 3 is 1.65 bits per heavy atom. The quantitative estimate of drug-likeness (QED) is 0.795. The van der Waals surface area contributed by atoms with E-state index in [4.69, 9.17) is 9.84 Å². The molecule has 1 aromatic rings. The van der Waals surface area contributed by atoms with E-state index in [1.54, 1.807) is 0 Å². The summed E-state index contributed by atoms with van der Waals surface area (Å²) in [6.07, 6.45) is 0. The molecule has 0 bridgehead atoms. The van der Waals surface area contributed by atoms with Gasteiger partial charge in [0.05, 0.1) is 0 Å². The Labute approximate surface area is 105 Å². The van der Waals surface area contributed by atoms with Crippen molar-refractivity contribution in [3.05, 3.63) is 29.3 Å². The molecule has 0 heterocycles. The first kappa shape index (κ1) is 14.0. The van der Waals surface area contributed by atoms with Crippen LogP contribution in [0.5, 0.6) is 5.75 Å². The van der Waals surface area contributed by atoms with Gasteiger partial charge in [0, 0.05) is 0 Å². The molecule has 0 aliphatic heterocycles. The highest BCUT2D eigenvalue weighted by Crippen LogP contribution is 2.39. The van der Waals surface area contributed by atoms with Crippen molar-refractivity contribution in [2.75, 3.05) is 6.79 Å². The summed E-state index contributed by atoms with van der Waals surface area (Å²) in [5.74, 6) is 0.829. The molecule has 0 amide bonds. The van der Waals surface area contributed by atoms with E-state index in [0.29, 0.717) is 0 Å². The Bertz CT molecular complexity index is 349. The van der Waals surface area contributed by atoms with E-state index in [0.717, 1.165) is 16.9 Å². The van der Waals surface area contributed by atoms with Crippen molar-refractivity contribution in [1.82, 2.24) is 0 Å². The van der Waals surface area contributed by atoms with Gasteiger partial charge < -0.3 is 9.84 Å². The highest BCUT2D eigenvalue weighted by molar-refractivity contribution is 5.48. The van der Waals surface area contributed by atoms with Crippen LogP contribution < -0.4 is 4.74 Å². The second kappa shape index (κ2) is 4.69. The summed E-state index contributed by atoms with van der Waals surface area (Å²) in [5.41, 5.74) is 2.29. The Morgan fingerprint density at radius 2 is 1.35 bits per heavy atom. The van der Waals surface area contributed by atoms with Crippen LogP contribution in [0, 0.1) is 0 Å². The van der Waals surface area contributed by atoms with Gasteiger partial charge in [-0.2, -0.15) is 0 Å². The Morgan fingerprint density at radius 1 is 0.941 bits per heavy atom. The number of aliphatic hydroxyl groups is 1. The van der Waals surface area contributed by atoms with Gasteiger partial charge in [-0.05, 0) is 22.0 Å². The van der Waals surface area contributed by atoms with Gasteiger partial charge >= 0.3 is 0 Å². The molecule has 0 radical (unpaired) electrons. The molecule has 0 fully saturated rings. The Kier molecular flexibility index (Phi) is 3.88. The summed E-state index contributed by atoms with van der Waals surface area (Å²) in [6, 6.07) is 6.20. The Balaban J connectivity index is 3.43. The van der Waals surface area contributed by atoms with Gasteiger partial charge in [0.25, 0.3) is 0 Å². The maximum Gasteiger partial charge on any atom is 0.186 e. The molecule has 1 aromatic carbocycles. The zero-order valence-electron chi connectivity index (χ0n) is 11.8. The van der Waals surface area contributed by atoms with E-state index in [2.05, 4.69) is 59.7 Å². The highest BCUT2D eigenvalue weighted by atomic mass is 16.6. The third kappa shape index (κ3) is 3.22. The average Bonchev–Trinajstić information content (AvgIpc) is 2.15. The van der Waals surface area contributed by atoms with Crippen molar-refractivity contribution in [3.63, 3.8) is 0 Å². The zero-order valence-corrected chi connectivity index (χ0v) is 11.8. The minimum atomic E-state index is -0.282. The van der Waals surface area contributed by atoms with Crippen LogP contribution in [0.15, 0.2) is 18.2 Å². The smallest absolute Gasteiger partial charge is 0.186 e. The normalized spacial score (nSPS) is 12.6. The fraction of sp³-hybridized carbons (Fsp3) is 0.600. The van der Waals surface area contributed by atoms with Crippen LogP contribution in [-0.4, -0.2) is 11.9 Å². The first-order valence-corrected chi connectivity index (χ1v) is 6.05. The van der Waals surface area contributed by atoms with E-state index < -0.39 is 0 Å². The topological polar surface area (TPSA) is 29.5 Å². The van der Waals surface area contributed by atoms with Crippen LogP contribution in [0.3, 0.4) is 0 Å². The molecule has 0 atom stereocenters. The molecule has 1 rings (SSSR count). The molecular formula is C15H24O2. The predicted molar refractivity (Wildman–Crippen MR) is 71.6 cm³/mol. The van der Waals surface area contributed by atoms with Crippen LogP contribution in [0.4, 0.5) is 0 Å². The van der Waals surface area contributed by atoms with Gasteiger partial charge in [0.15, 0.2) is 6.79 Å². The average molecular weight is 236 g/mol. The minimum Gasteiger partial charge on any atom is -0.467 e. The van der Waals surface area contributed by atoms with Gasteiger partial charge in [-0.15, -0.1) is 0 Å². The molecule has 0 spiro atoms. The van der Waals surface area contributed by atoms with E-state index >= 15 is 0 Å². The molecule has 0 saturated carbocycles. The number of rotatable bonds is 2. The third-order valence-electron chi connectivity index (χ3n) is 2.84. The standard InChI is InChI=1S/C15H24O2/c1-14(2,3)11-8-7-9-12(15(4,5)6)13(11)17-10-16/h7-9,16H,10H2,1-6H3. The molecule has 96 valence electrons. The number of ether oxygens (including phenoxy) is 1. The van der Waals surface area contributed by atoms with Gasteiger partial charge in [-0.3, -0.25) is 0 Å². The number of benzene rings is 1. The van der Waals surface area contributed by atoms with E-state index in [9.17, 15) is 0 Å². The fourth-order valence-electron chi connectivity index (χ4n) is 1.94. The number of aliphatic hydroxyl groups excluding tert-OH is 1. The lowest BCUT2D eigenvalue weighted by molar-refractivity contribution is 0.0946. The van der Waals surface area contributed by atoms with Gasteiger partial charge in [0.2, 0.25) is 0 Å². The maximum atomic E-state index is 9.08. The summed E-state index contributed by atoms with van der Waals surface area (Å²) in [4.78, 5) is 0. The SMILES string of the molecule is CC(C)(C)c1cccc(C(C)(C)C)c1OCO. The van der Waals surface area contributed by atoms with Crippen LogP contribution in [0.1, 0.15) is 52.7 Å². The van der Waals surface area contributed by atoms with Crippen LogP contribution in [-0.2, 0) is 10.8 Å². The minimum absolute atomic E-state index is 0.00572. The predicted octanol–water partition coefficient (Wildman–Crippen LogP) is 3.61. The van der Waals surface area contributed by atoms with Gasteiger partial charge in [-0.1, -0.05) is 59.7 Å². The Hall–Kier alpha value is -1.02. The summed E-state index contributed by atoms with van der Waals surface area (Å²) >= 11 is 0. The molecule has 17 heavy (non-hydrogen) atoms. The summed E-state index contributed by atoms with van der Waals surface area (Å²) in [5, 5.41) is 9.08.